The number of amides is 2. The van der Waals surface area contributed by atoms with Gasteiger partial charge in [0.15, 0.2) is 11.5 Å². The number of piperidine rings is 1. The van der Waals surface area contributed by atoms with Crippen LogP contribution in [0.1, 0.15) is 53.6 Å². The van der Waals surface area contributed by atoms with Crippen molar-refractivity contribution in [3.05, 3.63) is 29.3 Å². The maximum absolute atomic E-state index is 12.5. The number of anilines is 1. The highest BCUT2D eigenvalue weighted by molar-refractivity contribution is 5.93. The molecule has 0 radical (unpaired) electrons. The van der Waals surface area contributed by atoms with Gasteiger partial charge in [-0.05, 0) is 32.6 Å². The molecular weight excluding hydrogens is 324 g/mol. The normalized spacial score (nSPS) is 18.4. The number of aromatic nitrogens is 2. The highest BCUT2D eigenvalue weighted by atomic mass is 16.5. The van der Waals surface area contributed by atoms with Crippen LogP contribution in [-0.4, -0.2) is 40.1 Å². The van der Waals surface area contributed by atoms with Crippen molar-refractivity contribution in [2.24, 2.45) is 5.92 Å². The third-order valence-electron chi connectivity index (χ3n) is 4.76. The molecular formula is C17H20N4O4. The first-order chi connectivity index (χ1) is 12.1. The Hall–Kier alpha value is -2.64. The number of hydrogen-bond acceptors (Lipinski definition) is 6. The van der Waals surface area contributed by atoms with E-state index in [1.165, 1.54) is 0 Å². The molecule has 1 saturated carbocycles. The van der Waals surface area contributed by atoms with Gasteiger partial charge in [0.1, 0.15) is 11.5 Å². The van der Waals surface area contributed by atoms with E-state index in [9.17, 15) is 9.59 Å². The van der Waals surface area contributed by atoms with Crippen LogP contribution in [0.3, 0.4) is 0 Å². The summed E-state index contributed by atoms with van der Waals surface area (Å²) >= 11 is 0. The van der Waals surface area contributed by atoms with Gasteiger partial charge in [-0.3, -0.25) is 9.59 Å². The summed E-state index contributed by atoms with van der Waals surface area (Å²) in [5, 5.41) is 10.4. The lowest BCUT2D eigenvalue weighted by Crippen LogP contribution is -2.41. The molecule has 8 nitrogen and oxygen atoms in total. The zero-order chi connectivity index (χ0) is 17.4. The molecule has 3 heterocycles. The average molecular weight is 344 g/mol. The maximum atomic E-state index is 12.5. The van der Waals surface area contributed by atoms with Gasteiger partial charge in [-0.25, -0.2) is 0 Å². The van der Waals surface area contributed by atoms with Crippen molar-refractivity contribution >= 4 is 17.6 Å². The van der Waals surface area contributed by atoms with Crippen LogP contribution in [0.15, 0.2) is 21.2 Å². The summed E-state index contributed by atoms with van der Waals surface area (Å²) < 4.78 is 10.2. The second-order valence-electron chi connectivity index (χ2n) is 6.77. The topological polar surface area (TPSA) is 101 Å². The Labute approximate surface area is 144 Å². The average Bonchev–Trinajstić information content (AvgIpc) is 3.21. The smallest absolute Gasteiger partial charge is 0.276 e. The molecule has 0 unspecified atom stereocenters. The number of hydrogen-bond donors (Lipinski definition) is 1. The highest BCUT2D eigenvalue weighted by Crippen LogP contribution is 2.40. The standard InChI is InChI=1S/C17H20N4O4/c1-10-8-15(20-24-10)18-16(22)12-4-6-21(7-5-12)17(23)13-9-14(25-19-13)11-2-3-11/h8-9,11-12H,2-7H2,1H3,(H,18,20,22). The maximum Gasteiger partial charge on any atom is 0.276 e. The predicted octanol–water partition coefficient (Wildman–Crippen LogP) is 2.34. The van der Waals surface area contributed by atoms with Crippen molar-refractivity contribution in [2.75, 3.05) is 18.4 Å². The summed E-state index contributed by atoms with van der Waals surface area (Å²) in [4.78, 5) is 26.5. The number of rotatable bonds is 4. The number of nitrogens with one attached hydrogen (secondary N) is 1. The number of likely N-dealkylation sites (tertiary alicyclic amines) is 1. The van der Waals surface area contributed by atoms with E-state index in [1.807, 2.05) is 0 Å². The molecule has 2 amide bonds. The number of carbonyl (C=O) groups is 2. The van der Waals surface area contributed by atoms with E-state index in [-0.39, 0.29) is 17.7 Å². The summed E-state index contributed by atoms with van der Waals surface area (Å²) in [6, 6.07) is 3.43. The molecule has 2 fully saturated rings. The fraction of sp³-hybridized carbons (Fsp3) is 0.529. The van der Waals surface area contributed by atoms with Gasteiger partial charge in [0.25, 0.3) is 5.91 Å². The number of aryl methyl sites for hydroxylation is 1. The number of nitrogens with zero attached hydrogens (tertiary/aromatic N) is 3. The number of carbonyl (C=O) groups excluding carboxylic acids is 2. The van der Waals surface area contributed by atoms with E-state index in [2.05, 4.69) is 15.6 Å². The molecule has 0 spiro atoms. The third kappa shape index (κ3) is 3.42. The van der Waals surface area contributed by atoms with E-state index in [0.717, 1.165) is 18.6 Å². The van der Waals surface area contributed by atoms with Gasteiger partial charge >= 0.3 is 0 Å². The lowest BCUT2D eigenvalue weighted by atomic mass is 9.95. The minimum atomic E-state index is -0.139. The Bertz CT molecular complexity index is 784. The van der Waals surface area contributed by atoms with Gasteiger partial charge in [0.05, 0.1) is 0 Å². The second kappa shape index (κ2) is 6.34. The second-order valence-corrected chi connectivity index (χ2v) is 6.77. The Morgan fingerprint density at radius 3 is 2.52 bits per heavy atom. The molecule has 2 aromatic rings. The van der Waals surface area contributed by atoms with Crippen molar-refractivity contribution in [3.8, 4) is 0 Å². The van der Waals surface area contributed by atoms with Gasteiger partial charge in [-0.1, -0.05) is 10.3 Å². The van der Waals surface area contributed by atoms with Crippen LogP contribution in [0.5, 0.6) is 0 Å². The molecule has 0 bridgehead atoms. The van der Waals surface area contributed by atoms with Crippen LogP contribution < -0.4 is 5.32 Å². The Morgan fingerprint density at radius 2 is 1.88 bits per heavy atom. The van der Waals surface area contributed by atoms with E-state index < -0.39 is 0 Å². The molecule has 132 valence electrons. The van der Waals surface area contributed by atoms with E-state index in [4.69, 9.17) is 9.05 Å². The van der Waals surface area contributed by atoms with Crippen LogP contribution >= 0.6 is 0 Å². The van der Waals surface area contributed by atoms with E-state index in [1.54, 1.807) is 24.0 Å². The van der Waals surface area contributed by atoms with Crippen LogP contribution in [0, 0.1) is 12.8 Å². The third-order valence-corrected chi connectivity index (χ3v) is 4.76. The molecule has 1 saturated heterocycles. The molecule has 1 aliphatic heterocycles. The summed E-state index contributed by atoms with van der Waals surface area (Å²) in [7, 11) is 0. The molecule has 0 atom stereocenters. The summed E-state index contributed by atoms with van der Waals surface area (Å²) in [6.45, 7) is 2.83. The minimum Gasteiger partial charge on any atom is -0.360 e. The Balaban J connectivity index is 1.31. The predicted molar refractivity (Wildman–Crippen MR) is 87.0 cm³/mol. The van der Waals surface area contributed by atoms with Gasteiger partial charge in [0, 0.05) is 37.1 Å². The highest BCUT2D eigenvalue weighted by Gasteiger charge is 2.32. The van der Waals surface area contributed by atoms with Gasteiger partial charge in [-0.2, -0.15) is 0 Å². The first-order valence-electron chi connectivity index (χ1n) is 8.60. The fourth-order valence-electron chi connectivity index (χ4n) is 3.11. The molecule has 2 aliphatic rings. The largest absolute Gasteiger partial charge is 0.360 e. The quantitative estimate of drug-likeness (QED) is 0.913. The van der Waals surface area contributed by atoms with Crippen LogP contribution in [-0.2, 0) is 4.79 Å². The molecule has 1 aliphatic carbocycles. The first kappa shape index (κ1) is 15.9. The van der Waals surface area contributed by atoms with Crippen molar-refractivity contribution in [2.45, 2.75) is 38.5 Å². The van der Waals surface area contributed by atoms with Crippen molar-refractivity contribution < 1.29 is 18.6 Å². The lowest BCUT2D eigenvalue weighted by Gasteiger charge is -2.30. The van der Waals surface area contributed by atoms with Crippen LogP contribution in [0.25, 0.3) is 0 Å². The lowest BCUT2D eigenvalue weighted by molar-refractivity contribution is -0.121. The summed E-state index contributed by atoms with van der Waals surface area (Å²) in [5.41, 5.74) is 0.364. The Morgan fingerprint density at radius 1 is 1.12 bits per heavy atom. The molecule has 0 aromatic carbocycles. The SMILES string of the molecule is Cc1cc(NC(=O)C2CCN(C(=O)c3cc(C4CC4)on3)CC2)no1. The van der Waals surface area contributed by atoms with Gasteiger partial charge < -0.3 is 19.3 Å². The summed E-state index contributed by atoms with van der Waals surface area (Å²) in [5.74, 6) is 1.97. The molecule has 8 heteroatoms. The fourth-order valence-corrected chi connectivity index (χ4v) is 3.11. The minimum absolute atomic E-state index is 0.0853. The molecule has 4 rings (SSSR count). The van der Waals surface area contributed by atoms with E-state index in [0.29, 0.717) is 49.1 Å². The Kier molecular flexibility index (Phi) is 4.03. The van der Waals surface area contributed by atoms with Gasteiger partial charge in [-0.15, -0.1) is 0 Å². The van der Waals surface area contributed by atoms with Crippen molar-refractivity contribution in [1.82, 2.24) is 15.2 Å². The van der Waals surface area contributed by atoms with Gasteiger partial charge in [0.2, 0.25) is 5.91 Å². The zero-order valence-electron chi connectivity index (χ0n) is 14.0. The monoisotopic (exact) mass is 344 g/mol. The first-order valence-corrected chi connectivity index (χ1v) is 8.60. The van der Waals surface area contributed by atoms with Crippen LogP contribution in [0.2, 0.25) is 0 Å². The van der Waals surface area contributed by atoms with Crippen molar-refractivity contribution in [1.29, 1.82) is 0 Å². The van der Waals surface area contributed by atoms with E-state index >= 15 is 0 Å². The molecule has 1 N–H and O–H groups in total. The summed E-state index contributed by atoms with van der Waals surface area (Å²) in [6.07, 6.45) is 3.44. The molecule has 2 aromatic heterocycles. The molecule has 25 heavy (non-hydrogen) atoms. The zero-order valence-corrected chi connectivity index (χ0v) is 14.0. The van der Waals surface area contributed by atoms with Crippen LogP contribution in [0.4, 0.5) is 5.82 Å². The van der Waals surface area contributed by atoms with Crippen molar-refractivity contribution in [3.63, 3.8) is 0 Å².